The Bertz CT molecular complexity index is 3450. The topological polar surface area (TPSA) is 13.1 Å². The van der Waals surface area contributed by atoms with Crippen molar-refractivity contribution in [3.05, 3.63) is 194 Å². The zero-order chi connectivity index (χ0) is 36.0. The summed E-state index contributed by atoms with van der Waals surface area (Å²) in [5.74, 6) is 0. The Kier molecular flexibility index (Phi) is 6.40. The fraction of sp³-hybridized carbons (Fsp3) is 0. The van der Waals surface area contributed by atoms with Crippen molar-refractivity contribution in [1.82, 2.24) is 0 Å². The highest BCUT2D eigenvalue weighted by Crippen LogP contribution is 2.48. The molecule has 0 fully saturated rings. The van der Waals surface area contributed by atoms with Gasteiger partial charge in [-0.1, -0.05) is 182 Å². The van der Waals surface area contributed by atoms with Crippen LogP contribution < -0.4 is 0 Å². The molecule has 0 saturated carbocycles. The quantitative estimate of drug-likeness (QED) is 0.167. The Labute approximate surface area is 317 Å². The van der Waals surface area contributed by atoms with Gasteiger partial charge < -0.3 is 4.42 Å². The second-order valence-corrected chi connectivity index (χ2v) is 14.7. The maximum Gasteiger partial charge on any atom is 0.143 e. The molecule has 1 heterocycles. The molecular formula is C54H32O. The SMILES string of the molecule is c1ccc(-c2ccc3ccc4c(-c5ccc(-c6ccc(-c7cccc8ccccc78)cc6)c6oc7c8ccccc8ccc7c56)ccc5ccc2c3c54)cc1. The summed E-state index contributed by atoms with van der Waals surface area (Å²) in [6.45, 7) is 0. The third kappa shape index (κ3) is 4.48. The van der Waals surface area contributed by atoms with E-state index in [1.54, 1.807) is 0 Å². The van der Waals surface area contributed by atoms with Crippen molar-refractivity contribution in [1.29, 1.82) is 0 Å². The molecule has 0 N–H and O–H groups in total. The van der Waals surface area contributed by atoms with Crippen LogP contribution >= 0.6 is 0 Å². The van der Waals surface area contributed by atoms with Crippen molar-refractivity contribution < 1.29 is 4.42 Å². The molecule has 12 aromatic rings. The summed E-state index contributed by atoms with van der Waals surface area (Å²) in [6, 6.07) is 70.9. The van der Waals surface area contributed by atoms with Gasteiger partial charge in [0.25, 0.3) is 0 Å². The second kappa shape index (κ2) is 11.6. The molecule has 0 unspecified atom stereocenters. The van der Waals surface area contributed by atoms with Crippen LogP contribution in [0.2, 0.25) is 0 Å². The van der Waals surface area contributed by atoms with E-state index >= 15 is 0 Å². The van der Waals surface area contributed by atoms with Crippen LogP contribution in [0.25, 0.3) is 120 Å². The monoisotopic (exact) mass is 696 g/mol. The van der Waals surface area contributed by atoms with Crippen molar-refractivity contribution in [2.24, 2.45) is 0 Å². The third-order valence-corrected chi connectivity index (χ3v) is 11.8. The van der Waals surface area contributed by atoms with Crippen molar-refractivity contribution in [2.45, 2.75) is 0 Å². The largest absolute Gasteiger partial charge is 0.455 e. The van der Waals surface area contributed by atoms with Crippen molar-refractivity contribution in [3.63, 3.8) is 0 Å². The third-order valence-electron chi connectivity index (χ3n) is 11.8. The van der Waals surface area contributed by atoms with E-state index in [2.05, 4.69) is 194 Å². The average molecular weight is 697 g/mol. The van der Waals surface area contributed by atoms with Gasteiger partial charge in [-0.15, -0.1) is 0 Å². The smallest absolute Gasteiger partial charge is 0.143 e. The van der Waals surface area contributed by atoms with E-state index in [1.807, 2.05) is 0 Å². The van der Waals surface area contributed by atoms with Crippen LogP contribution in [0.1, 0.15) is 0 Å². The van der Waals surface area contributed by atoms with E-state index < -0.39 is 0 Å². The first-order valence-electron chi connectivity index (χ1n) is 19.0. The van der Waals surface area contributed by atoms with Crippen LogP contribution in [-0.4, -0.2) is 0 Å². The molecule has 11 aromatic carbocycles. The van der Waals surface area contributed by atoms with Gasteiger partial charge in [-0.25, -0.2) is 0 Å². The van der Waals surface area contributed by atoms with E-state index in [0.717, 1.165) is 38.5 Å². The minimum Gasteiger partial charge on any atom is -0.455 e. The highest BCUT2D eigenvalue weighted by molar-refractivity contribution is 6.29. The van der Waals surface area contributed by atoms with Gasteiger partial charge in [0.05, 0.1) is 0 Å². The molecule has 0 bridgehead atoms. The van der Waals surface area contributed by atoms with Gasteiger partial charge in [0, 0.05) is 21.7 Å². The molecule has 0 saturated heterocycles. The van der Waals surface area contributed by atoms with Gasteiger partial charge >= 0.3 is 0 Å². The summed E-state index contributed by atoms with van der Waals surface area (Å²) in [7, 11) is 0. The molecule has 12 rings (SSSR count). The first kappa shape index (κ1) is 30.3. The lowest BCUT2D eigenvalue weighted by atomic mass is 9.86. The minimum atomic E-state index is 0.916. The molecular weight excluding hydrogens is 665 g/mol. The van der Waals surface area contributed by atoms with Crippen molar-refractivity contribution in [3.8, 4) is 44.5 Å². The molecule has 0 aliphatic rings. The zero-order valence-corrected chi connectivity index (χ0v) is 29.9. The number of furan rings is 1. The molecule has 0 atom stereocenters. The molecule has 254 valence electrons. The summed E-state index contributed by atoms with van der Waals surface area (Å²) in [6.07, 6.45) is 0. The number of rotatable bonds is 4. The Morgan fingerprint density at radius 1 is 0.218 bits per heavy atom. The van der Waals surface area contributed by atoms with E-state index in [9.17, 15) is 0 Å². The van der Waals surface area contributed by atoms with Gasteiger partial charge in [-0.2, -0.15) is 0 Å². The van der Waals surface area contributed by atoms with E-state index in [1.165, 1.54) is 81.9 Å². The molecule has 55 heavy (non-hydrogen) atoms. The van der Waals surface area contributed by atoms with Gasteiger partial charge in [-0.05, 0) is 99.6 Å². The molecule has 0 spiro atoms. The van der Waals surface area contributed by atoms with Gasteiger partial charge in [0.15, 0.2) is 0 Å². The molecule has 0 radical (unpaired) electrons. The Morgan fingerprint density at radius 2 is 0.709 bits per heavy atom. The second-order valence-electron chi connectivity index (χ2n) is 14.7. The van der Waals surface area contributed by atoms with Crippen LogP contribution in [0.5, 0.6) is 0 Å². The number of hydrogen-bond acceptors (Lipinski definition) is 1. The van der Waals surface area contributed by atoms with Crippen LogP contribution in [0.3, 0.4) is 0 Å². The van der Waals surface area contributed by atoms with Gasteiger partial charge in [0.2, 0.25) is 0 Å². The van der Waals surface area contributed by atoms with Crippen molar-refractivity contribution >= 4 is 75.8 Å². The number of benzene rings is 11. The van der Waals surface area contributed by atoms with Crippen molar-refractivity contribution in [2.75, 3.05) is 0 Å². The molecule has 1 aromatic heterocycles. The molecule has 1 nitrogen and oxygen atoms in total. The van der Waals surface area contributed by atoms with E-state index in [0.29, 0.717) is 0 Å². The fourth-order valence-electron chi connectivity index (χ4n) is 9.27. The minimum absolute atomic E-state index is 0.916. The summed E-state index contributed by atoms with van der Waals surface area (Å²) in [5.41, 5.74) is 11.4. The Balaban J connectivity index is 1.11. The van der Waals surface area contributed by atoms with Crippen LogP contribution in [-0.2, 0) is 0 Å². The summed E-state index contributed by atoms with van der Waals surface area (Å²) in [5, 5.41) is 14.8. The first-order chi connectivity index (χ1) is 27.3. The maximum absolute atomic E-state index is 7.08. The Hall–Kier alpha value is -7.22. The molecule has 0 aliphatic carbocycles. The van der Waals surface area contributed by atoms with Gasteiger partial charge in [0.1, 0.15) is 11.2 Å². The summed E-state index contributed by atoms with van der Waals surface area (Å²) >= 11 is 0. The highest BCUT2D eigenvalue weighted by atomic mass is 16.3. The fourth-order valence-corrected chi connectivity index (χ4v) is 9.27. The maximum atomic E-state index is 7.08. The van der Waals surface area contributed by atoms with Crippen LogP contribution in [0.4, 0.5) is 0 Å². The lowest BCUT2D eigenvalue weighted by Gasteiger charge is -2.17. The number of hydrogen-bond donors (Lipinski definition) is 0. The Morgan fingerprint density at radius 3 is 1.47 bits per heavy atom. The van der Waals surface area contributed by atoms with E-state index in [-0.39, 0.29) is 0 Å². The summed E-state index contributed by atoms with van der Waals surface area (Å²) < 4.78 is 7.08. The first-order valence-corrected chi connectivity index (χ1v) is 19.0. The zero-order valence-electron chi connectivity index (χ0n) is 29.9. The lowest BCUT2D eigenvalue weighted by Crippen LogP contribution is -1.90. The van der Waals surface area contributed by atoms with Crippen LogP contribution in [0, 0.1) is 0 Å². The molecule has 0 amide bonds. The standard InChI is InChI=1S/C54H32O/c1-2-9-33(10-3-1)42-26-22-38-25-29-47-45(27-23-39-24-28-46(42)50(38)51(39)47)48-32-31-44(54-52(48)49-30-21-35-12-5-7-15-43(35)53(49)55-54)37-19-17-36(18-20-37)41-16-8-13-34-11-4-6-14-40(34)41/h1-32H. The highest BCUT2D eigenvalue weighted by Gasteiger charge is 2.21. The summed E-state index contributed by atoms with van der Waals surface area (Å²) in [4.78, 5) is 0. The number of fused-ring (bicyclic) bond motifs is 6. The normalized spacial score (nSPS) is 12.0. The molecule has 1 heteroatoms. The van der Waals surface area contributed by atoms with E-state index in [4.69, 9.17) is 4.42 Å². The molecule has 0 aliphatic heterocycles. The average Bonchev–Trinajstić information content (AvgIpc) is 3.66. The lowest BCUT2D eigenvalue weighted by molar-refractivity contribution is 0.674. The van der Waals surface area contributed by atoms with Crippen LogP contribution in [0.15, 0.2) is 199 Å². The predicted octanol–water partition coefficient (Wildman–Crippen LogP) is 15.5. The predicted molar refractivity (Wildman–Crippen MR) is 234 cm³/mol. The van der Waals surface area contributed by atoms with Gasteiger partial charge in [-0.3, -0.25) is 0 Å².